The van der Waals surface area contributed by atoms with E-state index >= 15 is 0 Å². The quantitative estimate of drug-likeness (QED) is 0.720. The van der Waals surface area contributed by atoms with Crippen molar-refractivity contribution in [2.75, 3.05) is 25.4 Å². The molecular formula is C20H24ClFN4O3. The summed E-state index contributed by atoms with van der Waals surface area (Å²) in [6, 6.07) is 4.06. The van der Waals surface area contributed by atoms with Crippen molar-refractivity contribution in [2.45, 2.75) is 39.3 Å². The van der Waals surface area contributed by atoms with Gasteiger partial charge in [-0.3, -0.25) is 23.6 Å². The highest BCUT2D eigenvalue weighted by Crippen LogP contribution is 2.18. The monoisotopic (exact) mass is 422 g/mol. The minimum atomic E-state index is -0.676. The predicted octanol–water partition coefficient (Wildman–Crippen LogP) is 2.12. The van der Waals surface area contributed by atoms with Crippen LogP contribution in [0.5, 0.6) is 0 Å². The molecule has 0 saturated carbocycles. The summed E-state index contributed by atoms with van der Waals surface area (Å²) in [7, 11) is 0. The minimum Gasteiger partial charge on any atom is -0.384 e. The van der Waals surface area contributed by atoms with Crippen LogP contribution in [0.2, 0.25) is 5.02 Å². The third-order valence-electron chi connectivity index (χ3n) is 5.20. The number of likely N-dealkylation sites (tertiary alicyclic amines) is 1. The largest absolute Gasteiger partial charge is 0.384 e. The van der Waals surface area contributed by atoms with Gasteiger partial charge < -0.3 is 5.73 Å². The average Bonchev–Trinajstić information content (AvgIpc) is 2.69. The molecule has 1 aromatic heterocycles. The van der Waals surface area contributed by atoms with Gasteiger partial charge in [0.25, 0.3) is 5.56 Å². The maximum atomic E-state index is 13.4. The van der Waals surface area contributed by atoms with E-state index in [4.69, 9.17) is 17.3 Å². The third kappa shape index (κ3) is 4.43. The number of nitrogens with zero attached hydrogens (tertiary/aromatic N) is 3. The summed E-state index contributed by atoms with van der Waals surface area (Å²) in [6.07, 6.45) is 3.14. The van der Waals surface area contributed by atoms with E-state index in [-0.39, 0.29) is 36.0 Å². The molecule has 1 aliphatic rings. The highest BCUT2D eigenvalue weighted by atomic mass is 35.5. The number of nitrogen functional groups attached to an aromatic ring is 1. The molecule has 0 bridgehead atoms. The summed E-state index contributed by atoms with van der Waals surface area (Å²) < 4.78 is 15.6. The first kappa shape index (κ1) is 21.3. The number of hydrogen-bond acceptors (Lipinski definition) is 5. The van der Waals surface area contributed by atoms with Gasteiger partial charge in [-0.25, -0.2) is 9.18 Å². The van der Waals surface area contributed by atoms with Gasteiger partial charge >= 0.3 is 5.69 Å². The number of aromatic nitrogens is 2. The van der Waals surface area contributed by atoms with E-state index in [0.717, 1.165) is 41.5 Å². The zero-order valence-corrected chi connectivity index (χ0v) is 17.0. The predicted molar refractivity (Wildman–Crippen MR) is 110 cm³/mol. The fourth-order valence-corrected chi connectivity index (χ4v) is 3.83. The van der Waals surface area contributed by atoms with Crippen LogP contribution in [0.15, 0.2) is 27.8 Å². The molecule has 2 N–H and O–H groups in total. The first-order valence-electron chi connectivity index (χ1n) is 9.66. The van der Waals surface area contributed by atoms with Gasteiger partial charge in [0.1, 0.15) is 17.2 Å². The van der Waals surface area contributed by atoms with Crippen LogP contribution in [-0.4, -0.2) is 39.5 Å². The Morgan fingerprint density at radius 1 is 1.17 bits per heavy atom. The molecule has 1 aliphatic heterocycles. The van der Waals surface area contributed by atoms with E-state index in [1.54, 1.807) is 6.92 Å². The van der Waals surface area contributed by atoms with Crippen molar-refractivity contribution in [1.29, 1.82) is 0 Å². The summed E-state index contributed by atoms with van der Waals surface area (Å²) >= 11 is 5.83. The SMILES string of the molecule is CCn1c(=O)c(C(=O)CN2CCCCC2)c(N)n(Cc2ccc(F)c(Cl)c2)c1=O. The van der Waals surface area contributed by atoms with E-state index in [1.807, 2.05) is 4.90 Å². The molecule has 0 unspecified atom stereocenters. The molecular weight excluding hydrogens is 399 g/mol. The van der Waals surface area contributed by atoms with Gasteiger partial charge in [-0.2, -0.15) is 0 Å². The lowest BCUT2D eigenvalue weighted by Gasteiger charge is -2.26. The number of anilines is 1. The minimum absolute atomic E-state index is 0.0328. The third-order valence-corrected chi connectivity index (χ3v) is 5.49. The molecule has 156 valence electrons. The number of nitrogens with two attached hydrogens (primary N) is 1. The Morgan fingerprint density at radius 2 is 1.86 bits per heavy atom. The number of benzene rings is 1. The molecule has 1 aromatic carbocycles. The lowest BCUT2D eigenvalue weighted by atomic mass is 10.1. The maximum absolute atomic E-state index is 13.4. The highest BCUT2D eigenvalue weighted by molar-refractivity contribution is 6.30. The van der Waals surface area contributed by atoms with Crippen molar-refractivity contribution in [3.63, 3.8) is 0 Å². The van der Waals surface area contributed by atoms with Crippen molar-refractivity contribution in [3.05, 3.63) is 61.0 Å². The molecule has 0 aliphatic carbocycles. The van der Waals surface area contributed by atoms with Crippen LogP contribution in [0, 0.1) is 5.82 Å². The molecule has 9 heteroatoms. The Hall–Kier alpha value is -2.45. The normalized spacial score (nSPS) is 14.9. The molecule has 3 rings (SSSR count). The number of carbonyl (C=O) groups excluding carboxylic acids is 1. The Kier molecular flexibility index (Phi) is 6.54. The van der Waals surface area contributed by atoms with Crippen LogP contribution in [0.4, 0.5) is 10.2 Å². The Morgan fingerprint density at radius 3 is 2.48 bits per heavy atom. The van der Waals surface area contributed by atoms with E-state index < -0.39 is 22.8 Å². The van der Waals surface area contributed by atoms with Crippen LogP contribution in [-0.2, 0) is 13.1 Å². The smallest absolute Gasteiger partial charge is 0.332 e. The van der Waals surface area contributed by atoms with Crippen LogP contribution >= 0.6 is 11.6 Å². The fourth-order valence-electron chi connectivity index (χ4n) is 3.63. The van der Waals surface area contributed by atoms with Gasteiger partial charge in [-0.05, 0) is 50.6 Å². The zero-order valence-electron chi connectivity index (χ0n) is 16.3. The molecule has 0 radical (unpaired) electrons. The van der Waals surface area contributed by atoms with Gasteiger partial charge in [0.05, 0.1) is 18.1 Å². The van der Waals surface area contributed by atoms with Gasteiger partial charge in [0.2, 0.25) is 0 Å². The second kappa shape index (κ2) is 8.92. The fraction of sp³-hybridized carbons (Fsp3) is 0.450. The Bertz CT molecular complexity index is 1040. The summed E-state index contributed by atoms with van der Waals surface area (Å²) in [4.78, 5) is 40.5. The van der Waals surface area contributed by atoms with Crippen molar-refractivity contribution < 1.29 is 9.18 Å². The van der Waals surface area contributed by atoms with Crippen LogP contribution in [0.25, 0.3) is 0 Å². The first-order valence-corrected chi connectivity index (χ1v) is 10.0. The number of piperidine rings is 1. The van der Waals surface area contributed by atoms with Crippen molar-refractivity contribution in [1.82, 2.24) is 14.0 Å². The number of carbonyl (C=O) groups is 1. The van der Waals surface area contributed by atoms with Gasteiger partial charge in [0.15, 0.2) is 5.78 Å². The lowest BCUT2D eigenvalue weighted by Crippen LogP contribution is -2.45. The van der Waals surface area contributed by atoms with Crippen molar-refractivity contribution >= 4 is 23.2 Å². The lowest BCUT2D eigenvalue weighted by molar-refractivity contribution is 0.0913. The summed E-state index contributed by atoms with van der Waals surface area (Å²) in [5.41, 5.74) is 5.19. The van der Waals surface area contributed by atoms with Crippen LogP contribution in [0.3, 0.4) is 0 Å². The first-order chi connectivity index (χ1) is 13.8. The molecule has 7 nitrogen and oxygen atoms in total. The molecule has 2 heterocycles. The standard InChI is InChI=1S/C20H24ClFN4O3/c1-2-25-19(28)17(16(27)12-24-8-4-3-5-9-24)18(23)26(20(25)29)11-13-6-7-15(22)14(21)10-13/h6-7,10H,2-5,8-9,11-12,23H2,1H3. The Balaban J connectivity index is 2.03. The number of halogens is 2. The van der Waals surface area contributed by atoms with Gasteiger partial charge in [0, 0.05) is 6.54 Å². The highest BCUT2D eigenvalue weighted by Gasteiger charge is 2.24. The van der Waals surface area contributed by atoms with Crippen LogP contribution < -0.4 is 17.0 Å². The van der Waals surface area contributed by atoms with E-state index in [0.29, 0.717) is 5.56 Å². The summed E-state index contributed by atoms with van der Waals surface area (Å²) in [6.45, 7) is 3.39. The maximum Gasteiger partial charge on any atom is 0.332 e. The molecule has 2 aromatic rings. The Labute approximate surface area is 172 Å². The van der Waals surface area contributed by atoms with Crippen LogP contribution in [0.1, 0.15) is 42.1 Å². The van der Waals surface area contributed by atoms with E-state index in [2.05, 4.69) is 0 Å². The average molecular weight is 423 g/mol. The summed E-state index contributed by atoms with van der Waals surface area (Å²) in [5.74, 6) is -1.15. The van der Waals surface area contributed by atoms with E-state index in [9.17, 15) is 18.8 Å². The van der Waals surface area contributed by atoms with Crippen molar-refractivity contribution in [2.24, 2.45) is 0 Å². The van der Waals surface area contributed by atoms with Gasteiger partial charge in [-0.1, -0.05) is 24.1 Å². The molecule has 0 spiro atoms. The second-order valence-corrected chi connectivity index (χ2v) is 7.59. The van der Waals surface area contributed by atoms with Gasteiger partial charge in [-0.15, -0.1) is 0 Å². The molecule has 1 saturated heterocycles. The van der Waals surface area contributed by atoms with E-state index in [1.165, 1.54) is 18.2 Å². The molecule has 0 atom stereocenters. The summed E-state index contributed by atoms with van der Waals surface area (Å²) in [5, 5.41) is -0.0840. The number of ketones is 1. The molecule has 29 heavy (non-hydrogen) atoms. The number of Topliss-reactive ketones (excluding diaryl/α,β-unsaturated/α-hetero) is 1. The molecule has 1 fully saturated rings. The number of hydrogen-bond donors (Lipinski definition) is 1. The van der Waals surface area contributed by atoms with Crippen molar-refractivity contribution in [3.8, 4) is 0 Å². The number of rotatable bonds is 6. The topological polar surface area (TPSA) is 90.3 Å². The zero-order chi connectivity index (χ0) is 21.1. The second-order valence-electron chi connectivity index (χ2n) is 7.19. The molecule has 0 amide bonds.